The first-order valence-corrected chi connectivity index (χ1v) is 12.8. The molecule has 2 aliphatic rings. The van der Waals surface area contributed by atoms with Gasteiger partial charge >= 0.3 is 6.03 Å². The van der Waals surface area contributed by atoms with Crippen LogP contribution in [0.3, 0.4) is 0 Å². The molecule has 0 saturated carbocycles. The van der Waals surface area contributed by atoms with Gasteiger partial charge in [0.15, 0.2) is 0 Å². The standard InChI is InChI=1S/C28H37N3O5/c1-35-25-10-6-5-9-23(25)29-28(34)30-24-12-11-22(36-26(24)19-32)18-27(33)31-15-13-21(14-16-31)17-20-7-3-2-4-8-20/h2-10,21-22,24,26,32H,11-19H2,1H3,(H2,29,30,34)/t22-,24-,26+/m1/s1. The number of ether oxygens (including phenoxy) is 2. The van der Waals surface area contributed by atoms with Crippen LogP contribution in [0.25, 0.3) is 0 Å². The van der Waals surface area contributed by atoms with Gasteiger partial charge in [0, 0.05) is 13.1 Å². The first kappa shape index (κ1) is 26.0. The maximum absolute atomic E-state index is 12.9. The molecule has 0 aliphatic carbocycles. The second-order valence-corrected chi connectivity index (χ2v) is 9.68. The topological polar surface area (TPSA) is 100 Å². The number of para-hydroxylation sites is 2. The lowest BCUT2D eigenvalue weighted by molar-refractivity contribution is -0.141. The van der Waals surface area contributed by atoms with Crippen LogP contribution in [-0.2, 0) is 16.0 Å². The molecule has 36 heavy (non-hydrogen) atoms. The van der Waals surface area contributed by atoms with E-state index in [2.05, 4.69) is 34.9 Å². The van der Waals surface area contributed by atoms with Gasteiger partial charge in [-0.05, 0) is 55.7 Å². The summed E-state index contributed by atoms with van der Waals surface area (Å²) in [5.74, 6) is 1.28. The van der Waals surface area contributed by atoms with Crippen LogP contribution in [0, 0.1) is 5.92 Å². The molecule has 8 heteroatoms. The van der Waals surface area contributed by atoms with E-state index in [1.165, 1.54) is 5.56 Å². The zero-order valence-corrected chi connectivity index (χ0v) is 20.9. The Labute approximate surface area is 213 Å². The summed E-state index contributed by atoms with van der Waals surface area (Å²) in [5, 5.41) is 15.6. The van der Waals surface area contributed by atoms with Crippen LogP contribution in [0.2, 0.25) is 0 Å². The second kappa shape index (κ2) is 12.7. The zero-order valence-electron chi connectivity index (χ0n) is 20.9. The van der Waals surface area contributed by atoms with Gasteiger partial charge < -0.3 is 30.1 Å². The van der Waals surface area contributed by atoms with Crippen molar-refractivity contribution in [2.75, 3.05) is 32.1 Å². The van der Waals surface area contributed by atoms with Gasteiger partial charge in [0.1, 0.15) is 11.9 Å². The van der Waals surface area contributed by atoms with Crippen LogP contribution in [0.1, 0.15) is 37.7 Å². The van der Waals surface area contributed by atoms with Crippen LogP contribution in [0.15, 0.2) is 54.6 Å². The third-order valence-electron chi connectivity index (χ3n) is 7.20. The number of hydrogen-bond acceptors (Lipinski definition) is 5. The third kappa shape index (κ3) is 6.98. The number of amides is 3. The molecular formula is C28H37N3O5. The van der Waals surface area contributed by atoms with Gasteiger partial charge in [-0.15, -0.1) is 0 Å². The number of carbonyl (C=O) groups is 2. The fourth-order valence-corrected chi connectivity index (χ4v) is 5.18. The van der Waals surface area contributed by atoms with Crippen molar-refractivity contribution in [3.05, 3.63) is 60.2 Å². The molecule has 3 N–H and O–H groups in total. The molecule has 4 rings (SSSR count). The molecule has 0 bridgehead atoms. The quantitative estimate of drug-likeness (QED) is 0.520. The van der Waals surface area contributed by atoms with Crippen LogP contribution >= 0.6 is 0 Å². The molecule has 0 spiro atoms. The number of nitrogens with zero attached hydrogens (tertiary/aromatic N) is 1. The highest BCUT2D eigenvalue weighted by atomic mass is 16.5. The van der Waals surface area contributed by atoms with Gasteiger partial charge in [0.25, 0.3) is 0 Å². The van der Waals surface area contributed by atoms with Crippen molar-refractivity contribution in [2.45, 2.75) is 56.8 Å². The van der Waals surface area contributed by atoms with Gasteiger partial charge in [0.05, 0.1) is 38.0 Å². The van der Waals surface area contributed by atoms with E-state index in [-0.39, 0.29) is 30.7 Å². The fraction of sp³-hybridized carbons (Fsp3) is 0.500. The summed E-state index contributed by atoms with van der Waals surface area (Å²) in [7, 11) is 1.55. The Balaban J connectivity index is 1.21. The van der Waals surface area contributed by atoms with E-state index in [0.29, 0.717) is 36.6 Å². The van der Waals surface area contributed by atoms with Gasteiger partial charge in [-0.25, -0.2) is 4.79 Å². The van der Waals surface area contributed by atoms with Crippen LogP contribution < -0.4 is 15.4 Å². The minimum absolute atomic E-state index is 0.107. The highest BCUT2D eigenvalue weighted by Crippen LogP contribution is 2.26. The average molecular weight is 496 g/mol. The predicted octanol–water partition coefficient (Wildman–Crippen LogP) is 3.60. The molecule has 194 valence electrons. The monoisotopic (exact) mass is 495 g/mol. The molecule has 8 nitrogen and oxygen atoms in total. The molecule has 2 aromatic carbocycles. The first-order chi connectivity index (χ1) is 17.6. The maximum atomic E-state index is 12.9. The number of methoxy groups -OCH3 is 1. The van der Waals surface area contributed by atoms with E-state index in [1.807, 2.05) is 23.1 Å². The summed E-state index contributed by atoms with van der Waals surface area (Å²) in [6.07, 6.45) is 3.85. The number of nitrogens with one attached hydrogen (secondary N) is 2. The number of urea groups is 1. The number of likely N-dealkylation sites (tertiary alicyclic amines) is 1. The van der Waals surface area contributed by atoms with Crippen molar-refractivity contribution in [1.82, 2.24) is 10.2 Å². The summed E-state index contributed by atoms with van der Waals surface area (Å²) in [5.41, 5.74) is 1.92. The van der Waals surface area contributed by atoms with Crippen LogP contribution in [-0.4, -0.2) is 67.0 Å². The normalized spacial score (nSPS) is 22.6. The van der Waals surface area contributed by atoms with Crippen LogP contribution in [0.4, 0.5) is 10.5 Å². The van der Waals surface area contributed by atoms with E-state index in [0.717, 1.165) is 32.4 Å². The summed E-state index contributed by atoms with van der Waals surface area (Å²) in [6.45, 7) is 1.33. The van der Waals surface area contributed by atoms with E-state index in [4.69, 9.17) is 9.47 Å². The molecule has 3 amide bonds. The molecule has 2 heterocycles. The summed E-state index contributed by atoms with van der Waals surface area (Å²) in [6, 6.07) is 16.9. The van der Waals surface area contributed by atoms with Crippen molar-refractivity contribution in [1.29, 1.82) is 0 Å². The molecule has 2 saturated heterocycles. The van der Waals surface area contributed by atoms with E-state index >= 15 is 0 Å². The van der Waals surface area contributed by atoms with E-state index < -0.39 is 6.10 Å². The molecule has 0 aromatic heterocycles. The Morgan fingerprint density at radius 1 is 1.03 bits per heavy atom. The largest absolute Gasteiger partial charge is 0.495 e. The lowest BCUT2D eigenvalue weighted by atomic mass is 9.90. The average Bonchev–Trinajstić information content (AvgIpc) is 2.90. The van der Waals surface area contributed by atoms with Crippen molar-refractivity contribution < 1.29 is 24.2 Å². The Bertz CT molecular complexity index is 994. The van der Waals surface area contributed by atoms with Crippen molar-refractivity contribution >= 4 is 17.6 Å². The molecule has 2 aliphatic heterocycles. The minimum Gasteiger partial charge on any atom is -0.495 e. The molecule has 3 atom stereocenters. The second-order valence-electron chi connectivity index (χ2n) is 9.68. The van der Waals surface area contributed by atoms with Gasteiger partial charge in [-0.2, -0.15) is 0 Å². The Kier molecular flexibility index (Phi) is 9.19. The lowest BCUT2D eigenvalue weighted by Gasteiger charge is -2.37. The van der Waals surface area contributed by atoms with E-state index in [9.17, 15) is 14.7 Å². The number of rotatable bonds is 8. The maximum Gasteiger partial charge on any atom is 0.319 e. The Morgan fingerprint density at radius 3 is 2.47 bits per heavy atom. The number of aliphatic hydroxyl groups excluding tert-OH is 1. The van der Waals surface area contributed by atoms with Crippen molar-refractivity contribution in [2.24, 2.45) is 5.92 Å². The molecule has 0 unspecified atom stereocenters. The fourth-order valence-electron chi connectivity index (χ4n) is 5.18. The summed E-state index contributed by atoms with van der Waals surface area (Å²) >= 11 is 0. The smallest absolute Gasteiger partial charge is 0.319 e. The highest BCUT2D eigenvalue weighted by Gasteiger charge is 2.34. The summed E-state index contributed by atoms with van der Waals surface area (Å²) in [4.78, 5) is 27.4. The van der Waals surface area contributed by atoms with E-state index in [1.54, 1.807) is 19.2 Å². The Morgan fingerprint density at radius 2 is 1.75 bits per heavy atom. The lowest BCUT2D eigenvalue weighted by Crippen LogP contribution is -2.52. The number of aliphatic hydroxyl groups is 1. The molecule has 2 fully saturated rings. The SMILES string of the molecule is COc1ccccc1NC(=O)N[C@@H]1CC[C@H](CC(=O)N2CCC(Cc3ccccc3)CC2)O[C@H]1CO. The summed E-state index contributed by atoms with van der Waals surface area (Å²) < 4.78 is 11.3. The van der Waals surface area contributed by atoms with Crippen molar-refractivity contribution in [3.8, 4) is 5.75 Å². The van der Waals surface area contributed by atoms with Crippen molar-refractivity contribution in [3.63, 3.8) is 0 Å². The number of piperidine rings is 1. The van der Waals surface area contributed by atoms with Gasteiger partial charge in [-0.3, -0.25) is 4.79 Å². The molecule has 2 aromatic rings. The Hall–Kier alpha value is -3.10. The zero-order chi connectivity index (χ0) is 25.3. The minimum atomic E-state index is -0.559. The third-order valence-corrected chi connectivity index (χ3v) is 7.20. The van der Waals surface area contributed by atoms with Crippen LogP contribution in [0.5, 0.6) is 5.75 Å². The number of carbonyl (C=O) groups excluding carboxylic acids is 2. The van der Waals surface area contributed by atoms with Gasteiger partial charge in [-0.1, -0.05) is 42.5 Å². The van der Waals surface area contributed by atoms with Gasteiger partial charge in [0.2, 0.25) is 5.91 Å². The number of hydrogen-bond donors (Lipinski definition) is 3. The highest BCUT2D eigenvalue weighted by molar-refractivity contribution is 5.91. The predicted molar refractivity (Wildman–Crippen MR) is 138 cm³/mol. The molecular weight excluding hydrogens is 458 g/mol. The molecule has 0 radical (unpaired) electrons. The number of benzene rings is 2. The number of anilines is 1. The first-order valence-electron chi connectivity index (χ1n) is 12.8.